The maximum absolute atomic E-state index is 12.3. The Morgan fingerprint density at radius 1 is 1.19 bits per heavy atom. The number of carbonyl (C=O) groups is 1. The average molecular weight is 374 g/mol. The van der Waals surface area contributed by atoms with Gasteiger partial charge in [-0.1, -0.05) is 11.6 Å². The zero-order valence-electron chi connectivity index (χ0n) is 14.0. The van der Waals surface area contributed by atoms with Gasteiger partial charge in [0.2, 0.25) is 0 Å². The fraction of sp³-hybridized carbons (Fsp3) is 0.111. The summed E-state index contributed by atoms with van der Waals surface area (Å²) in [5.74, 6) is 0.256. The summed E-state index contributed by atoms with van der Waals surface area (Å²) in [6.45, 7) is 0. The second-order valence-corrected chi connectivity index (χ2v) is 5.44. The van der Waals surface area contributed by atoms with Gasteiger partial charge in [-0.15, -0.1) is 0 Å². The Hall–Kier alpha value is -3.37. The minimum Gasteiger partial charge on any atom is -0.506 e. The molecule has 0 saturated heterocycles. The second-order valence-electron chi connectivity index (χ2n) is 5.00. The summed E-state index contributed by atoms with van der Waals surface area (Å²) in [7, 11) is 2.98. The number of benzene rings is 2. The first kappa shape index (κ1) is 19.0. The molecule has 2 rings (SSSR count). The maximum atomic E-state index is 12.3. The van der Waals surface area contributed by atoms with E-state index in [9.17, 15) is 15.2 Å². The van der Waals surface area contributed by atoms with Gasteiger partial charge in [0.05, 0.1) is 19.9 Å². The van der Waals surface area contributed by atoms with E-state index in [0.717, 1.165) is 0 Å². The van der Waals surface area contributed by atoms with Crippen LogP contribution in [0.1, 0.15) is 0 Å². The van der Waals surface area contributed by atoms with E-state index in [-0.39, 0.29) is 17.0 Å². The molecule has 3 N–H and O–H groups in total. The van der Waals surface area contributed by atoms with Gasteiger partial charge >= 0.3 is 0 Å². The lowest BCUT2D eigenvalue weighted by molar-refractivity contribution is -0.112. The molecule has 8 heteroatoms. The number of aromatic hydroxyl groups is 1. The predicted molar refractivity (Wildman–Crippen MR) is 98.6 cm³/mol. The van der Waals surface area contributed by atoms with E-state index in [0.29, 0.717) is 22.2 Å². The molecular formula is C18H16ClN3O4. The monoisotopic (exact) mass is 373 g/mol. The lowest BCUT2D eigenvalue weighted by Crippen LogP contribution is -2.14. The molecule has 1 amide bonds. The summed E-state index contributed by atoms with van der Waals surface area (Å²) < 4.78 is 10.3. The molecule has 2 aromatic carbocycles. The minimum absolute atomic E-state index is 0.0664. The molecule has 26 heavy (non-hydrogen) atoms. The maximum Gasteiger partial charge on any atom is 0.267 e. The van der Waals surface area contributed by atoms with Gasteiger partial charge in [-0.3, -0.25) is 4.79 Å². The summed E-state index contributed by atoms with van der Waals surface area (Å²) in [6, 6.07) is 11.0. The largest absolute Gasteiger partial charge is 0.506 e. The molecule has 0 aliphatic heterocycles. The van der Waals surface area contributed by atoms with Crippen molar-refractivity contribution in [2.75, 3.05) is 24.9 Å². The van der Waals surface area contributed by atoms with Crippen molar-refractivity contribution in [1.82, 2.24) is 0 Å². The van der Waals surface area contributed by atoms with Crippen molar-refractivity contribution in [2.24, 2.45) is 0 Å². The van der Waals surface area contributed by atoms with E-state index in [4.69, 9.17) is 21.1 Å². The fourth-order valence-electron chi connectivity index (χ4n) is 2.03. The third-order valence-corrected chi connectivity index (χ3v) is 3.57. The van der Waals surface area contributed by atoms with E-state index in [1.807, 2.05) is 0 Å². The molecule has 0 saturated carbocycles. The Morgan fingerprint density at radius 3 is 2.58 bits per heavy atom. The third-order valence-electron chi connectivity index (χ3n) is 3.34. The molecule has 0 atom stereocenters. The van der Waals surface area contributed by atoms with Gasteiger partial charge in [0, 0.05) is 23.0 Å². The number of halogens is 1. The Labute approximate surface area is 155 Å². The molecule has 0 spiro atoms. The first-order valence-electron chi connectivity index (χ1n) is 7.37. The zero-order valence-corrected chi connectivity index (χ0v) is 14.8. The standard InChI is InChI=1S/C18H16ClN3O4/c1-25-16-6-4-13(8-17(16)26-2)22-18(24)11(9-20)10-21-14-7-12(19)3-5-15(14)23/h3-8,10,21,23H,1-2H3,(H,22,24)/b11-10-. The highest BCUT2D eigenvalue weighted by Gasteiger charge is 2.12. The third kappa shape index (κ3) is 4.59. The van der Waals surface area contributed by atoms with Crippen LogP contribution in [-0.4, -0.2) is 25.2 Å². The number of hydrogen-bond acceptors (Lipinski definition) is 6. The summed E-state index contributed by atoms with van der Waals surface area (Å²) in [4.78, 5) is 12.3. The Bertz CT molecular complexity index is 890. The number of amides is 1. The van der Waals surface area contributed by atoms with E-state index >= 15 is 0 Å². The molecule has 0 radical (unpaired) electrons. The van der Waals surface area contributed by atoms with Crippen LogP contribution < -0.4 is 20.1 Å². The number of nitrogens with one attached hydrogen (secondary N) is 2. The van der Waals surface area contributed by atoms with Crippen LogP contribution >= 0.6 is 11.6 Å². The number of phenols is 1. The van der Waals surface area contributed by atoms with Gasteiger partial charge in [-0.05, 0) is 30.3 Å². The van der Waals surface area contributed by atoms with Crippen molar-refractivity contribution in [1.29, 1.82) is 5.26 Å². The summed E-state index contributed by atoms with van der Waals surface area (Å²) in [5.41, 5.74) is 0.503. The number of nitrogens with zero attached hydrogens (tertiary/aromatic N) is 1. The van der Waals surface area contributed by atoms with Crippen molar-refractivity contribution in [2.45, 2.75) is 0 Å². The van der Waals surface area contributed by atoms with Crippen molar-refractivity contribution in [3.05, 3.63) is 53.2 Å². The SMILES string of the molecule is COc1ccc(NC(=O)/C(C#N)=C\Nc2cc(Cl)ccc2O)cc1OC. The van der Waals surface area contributed by atoms with Crippen LogP contribution in [0.2, 0.25) is 5.02 Å². The summed E-state index contributed by atoms with van der Waals surface area (Å²) in [6.07, 6.45) is 1.18. The number of ether oxygens (including phenoxy) is 2. The number of anilines is 2. The number of hydrogen-bond donors (Lipinski definition) is 3. The first-order valence-corrected chi connectivity index (χ1v) is 7.75. The second kappa shape index (κ2) is 8.65. The van der Waals surface area contributed by atoms with Gasteiger partial charge < -0.3 is 25.2 Å². The van der Waals surface area contributed by atoms with Crippen molar-refractivity contribution in [3.8, 4) is 23.3 Å². The smallest absolute Gasteiger partial charge is 0.267 e. The van der Waals surface area contributed by atoms with E-state index in [2.05, 4.69) is 10.6 Å². The number of nitriles is 1. The van der Waals surface area contributed by atoms with Crippen LogP contribution in [0.4, 0.5) is 11.4 Å². The van der Waals surface area contributed by atoms with Crippen LogP contribution in [0.15, 0.2) is 48.2 Å². The lowest BCUT2D eigenvalue weighted by Gasteiger charge is -2.10. The molecule has 2 aromatic rings. The predicted octanol–water partition coefficient (Wildman–Crippen LogP) is 3.52. The highest BCUT2D eigenvalue weighted by Crippen LogP contribution is 2.30. The summed E-state index contributed by atoms with van der Waals surface area (Å²) in [5, 5.41) is 24.6. The van der Waals surface area contributed by atoms with E-state index < -0.39 is 5.91 Å². The van der Waals surface area contributed by atoms with Crippen molar-refractivity contribution in [3.63, 3.8) is 0 Å². The average Bonchev–Trinajstić information content (AvgIpc) is 2.64. The molecular weight excluding hydrogens is 358 g/mol. The Morgan fingerprint density at radius 2 is 1.92 bits per heavy atom. The number of methoxy groups -OCH3 is 2. The van der Waals surface area contributed by atoms with Gasteiger partial charge in [-0.25, -0.2) is 0 Å². The van der Waals surface area contributed by atoms with Gasteiger partial charge in [-0.2, -0.15) is 5.26 Å². The topological polar surface area (TPSA) is 104 Å². The molecule has 0 unspecified atom stereocenters. The molecule has 0 aliphatic rings. The molecule has 0 aromatic heterocycles. The first-order chi connectivity index (χ1) is 12.5. The fourth-order valence-corrected chi connectivity index (χ4v) is 2.21. The number of phenolic OH excluding ortho intramolecular Hbond substituents is 1. The van der Waals surface area contributed by atoms with Crippen LogP contribution in [-0.2, 0) is 4.79 Å². The van der Waals surface area contributed by atoms with Gasteiger partial charge in [0.25, 0.3) is 5.91 Å². The van der Waals surface area contributed by atoms with Crippen LogP contribution in [0.5, 0.6) is 17.2 Å². The van der Waals surface area contributed by atoms with Gasteiger partial charge in [0.15, 0.2) is 11.5 Å². The number of rotatable bonds is 6. The summed E-state index contributed by atoms with van der Waals surface area (Å²) >= 11 is 5.85. The van der Waals surface area contributed by atoms with Crippen LogP contribution in [0.25, 0.3) is 0 Å². The van der Waals surface area contributed by atoms with Crippen molar-refractivity contribution >= 4 is 28.9 Å². The molecule has 0 aliphatic carbocycles. The highest BCUT2D eigenvalue weighted by molar-refractivity contribution is 6.30. The molecule has 0 heterocycles. The van der Waals surface area contributed by atoms with Gasteiger partial charge in [0.1, 0.15) is 17.4 Å². The Balaban J connectivity index is 2.16. The molecule has 0 bridgehead atoms. The number of carbonyl (C=O) groups excluding carboxylic acids is 1. The minimum atomic E-state index is -0.631. The van der Waals surface area contributed by atoms with E-state index in [1.54, 1.807) is 24.3 Å². The molecule has 134 valence electrons. The zero-order chi connectivity index (χ0) is 19.1. The van der Waals surface area contributed by atoms with Crippen LogP contribution in [0, 0.1) is 11.3 Å². The highest BCUT2D eigenvalue weighted by atomic mass is 35.5. The van der Waals surface area contributed by atoms with Crippen LogP contribution in [0.3, 0.4) is 0 Å². The lowest BCUT2D eigenvalue weighted by atomic mass is 10.2. The van der Waals surface area contributed by atoms with E-state index in [1.165, 1.54) is 38.6 Å². The van der Waals surface area contributed by atoms with Crippen molar-refractivity contribution < 1.29 is 19.4 Å². The Kier molecular flexibility index (Phi) is 6.31. The molecule has 7 nitrogen and oxygen atoms in total. The normalized spacial score (nSPS) is 10.6. The quantitative estimate of drug-likeness (QED) is 0.406. The molecule has 0 fully saturated rings.